The molecule has 2 N–H and O–H groups in total. The van der Waals surface area contributed by atoms with Crippen molar-refractivity contribution in [2.24, 2.45) is 5.92 Å². The molecule has 1 aliphatic heterocycles. The number of nitrogens with one attached hydrogen (secondary N) is 1. The SMILES string of the molecule is C=Cc1ccc(CC(=O)OC2CCN(C(=O)C(CCC(=O)O)NC(=O)CC(C)CC)C2)cc1/C=C\C. The summed E-state index contributed by atoms with van der Waals surface area (Å²) < 4.78 is 5.63. The molecule has 3 unspecified atom stereocenters. The van der Waals surface area contributed by atoms with E-state index in [1.54, 1.807) is 6.08 Å². The van der Waals surface area contributed by atoms with Crippen LogP contribution in [0.25, 0.3) is 12.2 Å². The van der Waals surface area contributed by atoms with Crippen molar-refractivity contribution in [1.29, 1.82) is 0 Å². The molecule has 2 amide bonds. The van der Waals surface area contributed by atoms with Crippen LogP contribution in [0.4, 0.5) is 0 Å². The van der Waals surface area contributed by atoms with Crippen molar-refractivity contribution in [3.05, 3.63) is 47.5 Å². The molecule has 8 heteroatoms. The number of amides is 2. The second kappa shape index (κ2) is 14.2. The number of carboxylic acids is 1. The van der Waals surface area contributed by atoms with Gasteiger partial charge in [-0.2, -0.15) is 0 Å². The van der Waals surface area contributed by atoms with Crippen LogP contribution in [0.1, 0.15) is 69.6 Å². The van der Waals surface area contributed by atoms with Crippen molar-refractivity contribution in [2.75, 3.05) is 13.1 Å². The van der Waals surface area contributed by atoms with E-state index in [0.717, 1.165) is 23.1 Å². The fourth-order valence-corrected chi connectivity index (χ4v) is 4.12. The Labute approximate surface area is 213 Å². The molecule has 2 rings (SSSR count). The highest BCUT2D eigenvalue weighted by atomic mass is 16.5. The van der Waals surface area contributed by atoms with Crippen molar-refractivity contribution in [3.8, 4) is 0 Å². The van der Waals surface area contributed by atoms with Crippen LogP contribution in [0.15, 0.2) is 30.9 Å². The zero-order chi connectivity index (χ0) is 26.7. The van der Waals surface area contributed by atoms with E-state index in [1.165, 1.54) is 4.90 Å². The Kier molecular flexibility index (Phi) is 11.4. The Morgan fingerprint density at radius 1 is 1.28 bits per heavy atom. The third-order valence-electron chi connectivity index (χ3n) is 6.33. The summed E-state index contributed by atoms with van der Waals surface area (Å²) >= 11 is 0. The Balaban J connectivity index is 1.96. The van der Waals surface area contributed by atoms with E-state index in [9.17, 15) is 19.2 Å². The number of esters is 1. The summed E-state index contributed by atoms with van der Waals surface area (Å²) in [7, 11) is 0. The molecule has 1 aromatic rings. The highest BCUT2D eigenvalue weighted by molar-refractivity contribution is 5.88. The number of allylic oxidation sites excluding steroid dienone is 1. The number of ether oxygens (including phenoxy) is 1. The predicted octanol–water partition coefficient (Wildman–Crippen LogP) is 3.84. The summed E-state index contributed by atoms with van der Waals surface area (Å²) in [6.07, 6.45) is 6.68. The topological polar surface area (TPSA) is 113 Å². The first-order valence-corrected chi connectivity index (χ1v) is 12.5. The third-order valence-corrected chi connectivity index (χ3v) is 6.33. The lowest BCUT2D eigenvalue weighted by molar-refractivity contribution is -0.148. The van der Waals surface area contributed by atoms with Crippen LogP contribution < -0.4 is 5.32 Å². The van der Waals surface area contributed by atoms with Gasteiger partial charge in [0, 0.05) is 25.8 Å². The molecule has 36 heavy (non-hydrogen) atoms. The van der Waals surface area contributed by atoms with E-state index < -0.39 is 18.1 Å². The van der Waals surface area contributed by atoms with E-state index in [-0.39, 0.29) is 55.9 Å². The molecule has 0 saturated carbocycles. The maximum atomic E-state index is 13.1. The number of carbonyl (C=O) groups is 4. The zero-order valence-corrected chi connectivity index (χ0v) is 21.5. The van der Waals surface area contributed by atoms with Gasteiger partial charge in [-0.3, -0.25) is 19.2 Å². The maximum absolute atomic E-state index is 13.1. The molecule has 0 aliphatic carbocycles. The molecule has 0 aromatic heterocycles. The molecule has 0 spiro atoms. The molecule has 1 fully saturated rings. The fourth-order valence-electron chi connectivity index (χ4n) is 4.12. The fraction of sp³-hybridized carbons (Fsp3) is 0.500. The van der Waals surface area contributed by atoms with Gasteiger partial charge in [-0.1, -0.05) is 63.3 Å². The second-order valence-electron chi connectivity index (χ2n) is 9.30. The van der Waals surface area contributed by atoms with Crippen LogP contribution in [0, 0.1) is 5.92 Å². The molecular formula is C28H38N2O6. The van der Waals surface area contributed by atoms with E-state index in [0.29, 0.717) is 13.0 Å². The molecule has 1 aliphatic rings. The van der Waals surface area contributed by atoms with Crippen molar-refractivity contribution < 1.29 is 29.0 Å². The maximum Gasteiger partial charge on any atom is 0.310 e. The normalized spacial score (nSPS) is 17.0. The number of aliphatic carboxylic acids is 1. The minimum Gasteiger partial charge on any atom is -0.481 e. The summed E-state index contributed by atoms with van der Waals surface area (Å²) in [5.74, 6) is -1.86. The van der Waals surface area contributed by atoms with Gasteiger partial charge in [0.05, 0.1) is 13.0 Å². The lowest BCUT2D eigenvalue weighted by Crippen LogP contribution is -2.48. The Hall–Kier alpha value is -3.42. The van der Waals surface area contributed by atoms with Crippen molar-refractivity contribution in [1.82, 2.24) is 10.2 Å². The van der Waals surface area contributed by atoms with Gasteiger partial charge in [-0.15, -0.1) is 0 Å². The third kappa shape index (κ3) is 8.98. The van der Waals surface area contributed by atoms with Crippen LogP contribution >= 0.6 is 0 Å². The number of likely N-dealkylation sites (tertiary alicyclic amines) is 1. The molecule has 1 aromatic carbocycles. The molecular weight excluding hydrogens is 460 g/mol. The zero-order valence-electron chi connectivity index (χ0n) is 21.5. The van der Waals surface area contributed by atoms with Crippen LogP contribution in [0.5, 0.6) is 0 Å². The number of carboxylic acid groups (broad SMARTS) is 1. The number of nitrogens with zero attached hydrogens (tertiary/aromatic N) is 1. The molecule has 8 nitrogen and oxygen atoms in total. The van der Waals surface area contributed by atoms with E-state index in [2.05, 4.69) is 11.9 Å². The quantitative estimate of drug-likeness (QED) is 0.400. The first kappa shape index (κ1) is 28.8. The van der Waals surface area contributed by atoms with Crippen LogP contribution in [-0.4, -0.2) is 59.0 Å². The van der Waals surface area contributed by atoms with Crippen LogP contribution in [-0.2, 0) is 30.3 Å². The standard InChI is InChI=1S/C28H38N2O6/c1-5-8-22-16-20(9-10-21(22)7-3)17-27(34)36-23-13-14-30(18-23)28(35)24(11-12-26(32)33)29-25(31)15-19(4)6-2/h5,7-10,16,19,23-24H,3,6,11-15,17-18H2,1-2,4H3,(H,29,31)(H,32,33)/b8-5-. The summed E-state index contributed by atoms with van der Waals surface area (Å²) in [5, 5.41) is 11.8. The van der Waals surface area contributed by atoms with Crippen molar-refractivity contribution in [2.45, 2.75) is 71.4 Å². The van der Waals surface area contributed by atoms with E-state index in [4.69, 9.17) is 9.84 Å². The monoisotopic (exact) mass is 498 g/mol. The van der Waals surface area contributed by atoms with Crippen LogP contribution in [0.3, 0.4) is 0 Å². The first-order chi connectivity index (χ1) is 17.2. The number of hydrogen-bond acceptors (Lipinski definition) is 5. The highest BCUT2D eigenvalue weighted by Crippen LogP contribution is 2.19. The minimum atomic E-state index is -1.03. The summed E-state index contributed by atoms with van der Waals surface area (Å²) in [4.78, 5) is 50.6. The number of hydrogen-bond donors (Lipinski definition) is 2. The summed E-state index contributed by atoms with van der Waals surface area (Å²) in [6.45, 7) is 10.2. The minimum absolute atomic E-state index is 0.0105. The van der Waals surface area contributed by atoms with Gasteiger partial charge in [-0.25, -0.2) is 0 Å². The predicted molar refractivity (Wildman–Crippen MR) is 139 cm³/mol. The van der Waals surface area contributed by atoms with Gasteiger partial charge in [0.15, 0.2) is 0 Å². The number of benzene rings is 1. The van der Waals surface area contributed by atoms with Gasteiger partial charge in [0.1, 0.15) is 12.1 Å². The van der Waals surface area contributed by atoms with Gasteiger partial charge in [-0.05, 0) is 36.0 Å². The smallest absolute Gasteiger partial charge is 0.310 e. The van der Waals surface area contributed by atoms with Crippen LogP contribution in [0.2, 0.25) is 0 Å². The Morgan fingerprint density at radius 2 is 2.03 bits per heavy atom. The first-order valence-electron chi connectivity index (χ1n) is 12.5. The molecule has 1 heterocycles. The van der Waals surface area contributed by atoms with Gasteiger partial charge in [0.25, 0.3) is 0 Å². The van der Waals surface area contributed by atoms with E-state index in [1.807, 2.05) is 51.1 Å². The van der Waals surface area contributed by atoms with E-state index >= 15 is 0 Å². The average Bonchev–Trinajstić information content (AvgIpc) is 3.29. The summed E-state index contributed by atoms with van der Waals surface area (Å²) in [6, 6.07) is 4.79. The molecule has 196 valence electrons. The molecule has 0 radical (unpaired) electrons. The highest BCUT2D eigenvalue weighted by Gasteiger charge is 2.33. The Morgan fingerprint density at radius 3 is 2.67 bits per heavy atom. The molecule has 1 saturated heterocycles. The number of carbonyl (C=O) groups excluding carboxylic acids is 3. The van der Waals surface area contributed by atoms with Crippen molar-refractivity contribution >= 4 is 35.9 Å². The van der Waals surface area contributed by atoms with Crippen molar-refractivity contribution in [3.63, 3.8) is 0 Å². The number of rotatable bonds is 13. The molecule has 0 bridgehead atoms. The lowest BCUT2D eigenvalue weighted by atomic mass is 10.0. The van der Waals surface area contributed by atoms with Gasteiger partial charge < -0.3 is 20.1 Å². The van der Waals surface area contributed by atoms with Gasteiger partial charge in [0.2, 0.25) is 11.8 Å². The largest absolute Gasteiger partial charge is 0.481 e. The van der Waals surface area contributed by atoms with Gasteiger partial charge >= 0.3 is 11.9 Å². The lowest BCUT2D eigenvalue weighted by Gasteiger charge is -2.24. The molecule has 3 atom stereocenters. The summed E-state index contributed by atoms with van der Waals surface area (Å²) in [5.41, 5.74) is 2.77. The average molecular weight is 499 g/mol. The second-order valence-corrected chi connectivity index (χ2v) is 9.30. The Bertz CT molecular complexity index is 986.